The molecule has 0 aliphatic carbocycles. The summed E-state index contributed by atoms with van der Waals surface area (Å²) in [6.45, 7) is 2.39. The second-order valence-corrected chi connectivity index (χ2v) is 5.41. The van der Waals surface area contributed by atoms with Gasteiger partial charge in [0.25, 0.3) is 0 Å². The van der Waals surface area contributed by atoms with Gasteiger partial charge in [-0.1, -0.05) is 11.6 Å². The van der Waals surface area contributed by atoms with Gasteiger partial charge in [0.1, 0.15) is 0 Å². The monoisotopic (exact) mass is 293 g/mol. The van der Waals surface area contributed by atoms with Crippen LogP contribution in [0.5, 0.6) is 0 Å². The van der Waals surface area contributed by atoms with E-state index < -0.39 is 0 Å². The topological polar surface area (TPSA) is 78.9 Å². The summed E-state index contributed by atoms with van der Waals surface area (Å²) in [5.74, 6) is 1.20. The summed E-state index contributed by atoms with van der Waals surface area (Å²) in [6.07, 6.45) is 2.06. The van der Waals surface area contributed by atoms with Crippen LogP contribution in [0.15, 0.2) is 18.2 Å². The molecule has 0 spiro atoms. The number of benzene rings is 1. The quantitative estimate of drug-likeness (QED) is 0.876. The van der Waals surface area contributed by atoms with Gasteiger partial charge in [0.15, 0.2) is 5.82 Å². The second-order valence-electron chi connectivity index (χ2n) is 4.97. The van der Waals surface area contributed by atoms with Crippen molar-refractivity contribution in [3.05, 3.63) is 23.2 Å². The molecule has 106 valence electrons. The molecule has 3 rings (SSSR count). The van der Waals surface area contributed by atoms with E-state index >= 15 is 0 Å². The van der Waals surface area contributed by atoms with Crippen molar-refractivity contribution < 1.29 is 4.74 Å². The molecule has 2 N–H and O–H groups in total. The Morgan fingerprint density at radius 3 is 2.95 bits per heavy atom. The molecule has 1 aromatic carbocycles. The van der Waals surface area contributed by atoms with Crippen LogP contribution in [0.1, 0.15) is 12.8 Å². The first-order valence-electron chi connectivity index (χ1n) is 6.63. The maximum atomic E-state index is 6.03. The van der Waals surface area contributed by atoms with Crippen molar-refractivity contribution >= 4 is 17.3 Å². The SMILES string of the molecule is Nc1ccc(Cl)cc1-c1nnnn1CC1CCOCC1. The van der Waals surface area contributed by atoms with Gasteiger partial charge in [0.05, 0.1) is 0 Å². The molecule has 2 aromatic rings. The number of rotatable bonds is 3. The number of tetrazole rings is 1. The van der Waals surface area contributed by atoms with Gasteiger partial charge in [0.2, 0.25) is 0 Å². The molecule has 1 aromatic heterocycles. The number of nitrogen functional groups attached to an aromatic ring is 1. The van der Waals surface area contributed by atoms with E-state index in [4.69, 9.17) is 22.1 Å². The third-order valence-corrected chi connectivity index (χ3v) is 3.80. The normalized spacial score (nSPS) is 16.4. The molecule has 0 unspecified atom stereocenters. The molecule has 0 amide bonds. The highest BCUT2D eigenvalue weighted by Crippen LogP contribution is 2.28. The molecule has 0 radical (unpaired) electrons. The number of hydrogen-bond acceptors (Lipinski definition) is 5. The van der Waals surface area contributed by atoms with Crippen molar-refractivity contribution in [2.45, 2.75) is 19.4 Å². The largest absolute Gasteiger partial charge is 0.398 e. The van der Waals surface area contributed by atoms with Gasteiger partial charge in [-0.05, 0) is 47.4 Å². The standard InChI is InChI=1S/C13H16ClN5O/c14-10-1-2-12(15)11(7-10)13-16-17-18-19(13)8-9-3-5-20-6-4-9/h1-2,7,9H,3-6,8,15H2. The predicted octanol–water partition coefficient (Wildman–Crippen LogP) is 2.00. The number of hydrogen-bond donors (Lipinski definition) is 1. The van der Waals surface area contributed by atoms with Crippen LogP contribution < -0.4 is 5.73 Å². The maximum absolute atomic E-state index is 6.03. The molecular weight excluding hydrogens is 278 g/mol. The molecule has 7 heteroatoms. The van der Waals surface area contributed by atoms with Crippen LogP contribution in [0.25, 0.3) is 11.4 Å². The van der Waals surface area contributed by atoms with Gasteiger partial charge < -0.3 is 10.5 Å². The molecule has 0 bridgehead atoms. The maximum Gasteiger partial charge on any atom is 0.184 e. The summed E-state index contributed by atoms with van der Waals surface area (Å²) in [5, 5.41) is 12.5. The van der Waals surface area contributed by atoms with Gasteiger partial charge in [-0.2, -0.15) is 0 Å². The number of ether oxygens (including phenoxy) is 1. The minimum Gasteiger partial charge on any atom is -0.398 e. The first-order valence-corrected chi connectivity index (χ1v) is 7.01. The lowest BCUT2D eigenvalue weighted by Crippen LogP contribution is -2.21. The lowest BCUT2D eigenvalue weighted by Gasteiger charge is -2.22. The van der Waals surface area contributed by atoms with Gasteiger partial charge in [-0.15, -0.1) is 5.10 Å². The molecule has 1 fully saturated rings. The van der Waals surface area contributed by atoms with E-state index in [-0.39, 0.29) is 0 Å². The predicted molar refractivity (Wildman–Crippen MR) is 76.2 cm³/mol. The minimum absolute atomic E-state index is 0.534. The highest BCUT2D eigenvalue weighted by molar-refractivity contribution is 6.31. The van der Waals surface area contributed by atoms with E-state index in [1.54, 1.807) is 22.9 Å². The fourth-order valence-electron chi connectivity index (χ4n) is 2.42. The van der Waals surface area contributed by atoms with Crippen LogP contribution >= 0.6 is 11.6 Å². The fraction of sp³-hybridized carbons (Fsp3) is 0.462. The molecule has 6 nitrogen and oxygen atoms in total. The Morgan fingerprint density at radius 1 is 1.35 bits per heavy atom. The van der Waals surface area contributed by atoms with Gasteiger partial charge >= 0.3 is 0 Å². The third-order valence-electron chi connectivity index (χ3n) is 3.56. The molecule has 0 atom stereocenters. The van der Waals surface area contributed by atoms with Crippen LogP contribution in [-0.4, -0.2) is 33.4 Å². The number of nitrogens with zero attached hydrogens (tertiary/aromatic N) is 4. The number of nitrogens with two attached hydrogens (primary N) is 1. The van der Waals surface area contributed by atoms with Crippen molar-refractivity contribution in [1.82, 2.24) is 20.2 Å². The summed E-state index contributed by atoms with van der Waals surface area (Å²) in [5.41, 5.74) is 7.39. The lowest BCUT2D eigenvalue weighted by molar-refractivity contribution is 0.0601. The summed E-state index contributed by atoms with van der Waals surface area (Å²) in [6, 6.07) is 5.32. The zero-order valence-corrected chi connectivity index (χ0v) is 11.8. The first-order chi connectivity index (χ1) is 9.74. The van der Waals surface area contributed by atoms with Crippen molar-refractivity contribution in [2.24, 2.45) is 5.92 Å². The summed E-state index contributed by atoms with van der Waals surface area (Å²) >= 11 is 6.03. The molecule has 1 aliphatic rings. The smallest absolute Gasteiger partial charge is 0.184 e. The molecule has 1 aliphatic heterocycles. The summed E-state index contributed by atoms with van der Waals surface area (Å²) in [7, 11) is 0. The van der Waals surface area contributed by atoms with E-state index in [0.29, 0.717) is 22.5 Å². The highest BCUT2D eigenvalue weighted by Gasteiger charge is 2.19. The Labute approximate surface area is 121 Å². The van der Waals surface area contributed by atoms with Crippen molar-refractivity contribution in [3.8, 4) is 11.4 Å². The Morgan fingerprint density at radius 2 is 2.15 bits per heavy atom. The summed E-state index contributed by atoms with van der Waals surface area (Å²) < 4.78 is 7.17. The van der Waals surface area contributed by atoms with E-state index in [0.717, 1.165) is 38.2 Å². The van der Waals surface area contributed by atoms with E-state index in [2.05, 4.69) is 15.5 Å². The van der Waals surface area contributed by atoms with Crippen molar-refractivity contribution in [1.29, 1.82) is 0 Å². The zero-order chi connectivity index (χ0) is 13.9. The van der Waals surface area contributed by atoms with Crippen LogP contribution in [0.2, 0.25) is 5.02 Å². The average molecular weight is 294 g/mol. The number of halogens is 1. The van der Waals surface area contributed by atoms with Gasteiger partial charge in [-0.25, -0.2) is 4.68 Å². The van der Waals surface area contributed by atoms with Crippen LogP contribution in [-0.2, 0) is 11.3 Å². The Bertz CT molecular complexity index is 594. The second kappa shape index (κ2) is 5.76. The van der Waals surface area contributed by atoms with E-state index in [1.165, 1.54) is 0 Å². The lowest BCUT2D eigenvalue weighted by atomic mass is 10.0. The average Bonchev–Trinajstić information content (AvgIpc) is 2.91. The van der Waals surface area contributed by atoms with Crippen molar-refractivity contribution in [2.75, 3.05) is 18.9 Å². The van der Waals surface area contributed by atoms with Crippen LogP contribution in [0.4, 0.5) is 5.69 Å². The fourth-order valence-corrected chi connectivity index (χ4v) is 2.59. The van der Waals surface area contributed by atoms with Crippen LogP contribution in [0, 0.1) is 5.92 Å². The molecule has 0 saturated carbocycles. The van der Waals surface area contributed by atoms with Gasteiger partial charge in [-0.3, -0.25) is 0 Å². The van der Waals surface area contributed by atoms with Crippen LogP contribution in [0.3, 0.4) is 0 Å². The molecule has 1 saturated heterocycles. The Balaban J connectivity index is 1.87. The number of anilines is 1. The van der Waals surface area contributed by atoms with Gasteiger partial charge in [0, 0.05) is 36.0 Å². The highest BCUT2D eigenvalue weighted by atomic mass is 35.5. The number of aromatic nitrogens is 4. The van der Waals surface area contributed by atoms with Crippen molar-refractivity contribution in [3.63, 3.8) is 0 Å². The Hall–Kier alpha value is -1.66. The molecule has 2 heterocycles. The third kappa shape index (κ3) is 2.76. The first kappa shape index (κ1) is 13.3. The Kier molecular flexibility index (Phi) is 3.84. The zero-order valence-electron chi connectivity index (χ0n) is 11.0. The van der Waals surface area contributed by atoms with E-state index in [1.807, 2.05) is 0 Å². The minimum atomic E-state index is 0.534. The molecule has 20 heavy (non-hydrogen) atoms. The van der Waals surface area contributed by atoms with E-state index in [9.17, 15) is 0 Å². The summed E-state index contributed by atoms with van der Waals surface area (Å²) in [4.78, 5) is 0. The molecular formula is C13H16ClN5O.